The van der Waals surface area contributed by atoms with E-state index in [4.69, 9.17) is 11.5 Å². The zero-order valence-electron chi connectivity index (χ0n) is 11.0. The topological polar surface area (TPSA) is 95.6 Å². The van der Waals surface area contributed by atoms with E-state index in [0.29, 0.717) is 23.3 Å². The standard InChI is InChI=1S/C13H18N6/c1-8(9-3-2-4-9)19-13(16-17-18-19)11-6-5-10(14)7-12(11)15/h5-9H,2-4,14-15H2,1H3. The van der Waals surface area contributed by atoms with Gasteiger partial charge in [-0.3, -0.25) is 0 Å². The summed E-state index contributed by atoms with van der Waals surface area (Å²) in [5.74, 6) is 1.38. The molecule has 1 aliphatic carbocycles. The highest BCUT2D eigenvalue weighted by atomic mass is 15.5. The number of benzene rings is 1. The molecule has 1 saturated carbocycles. The summed E-state index contributed by atoms with van der Waals surface area (Å²) in [4.78, 5) is 0. The molecule has 2 aromatic rings. The molecule has 0 aliphatic heterocycles. The van der Waals surface area contributed by atoms with E-state index in [2.05, 4.69) is 22.4 Å². The van der Waals surface area contributed by atoms with E-state index in [1.54, 1.807) is 6.07 Å². The van der Waals surface area contributed by atoms with Crippen LogP contribution in [0.5, 0.6) is 0 Å². The molecular formula is C13H18N6. The van der Waals surface area contributed by atoms with Crippen LogP contribution in [0.3, 0.4) is 0 Å². The van der Waals surface area contributed by atoms with Crippen LogP contribution in [0.2, 0.25) is 0 Å². The van der Waals surface area contributed by atoms with Crippen LogP contribution in [0.15, 0.2) is 18.2 Å². The van der Waals surface area contributed by atoms with Crippen molar-refractivity contribution in [1.82, 2.24) is 20.2 Å². The van der Waals surface area contributed by atoms with Crippen LogP contribution in [-0.2, 0) is 0 Å². The Morgan fingerprint density at radius 3 is 2.74 bits per heavy atom. The molecule has 0 bridgehead atoms. The Morgan fingerprint density at radius 1 is 1.32 bits per heavy atom. The number of nitrogen functional groups attached to an aromatic ring is 2. The highest BCUT2D eigenvalue weighted by Crippen LogP contribution is 2.37. The summed E-state index contributed by atoms with van der Waals surface area (Å²) in [6.45, 7) is 2.16. The number of tetrazole rings is 1. The van der Waals surface area contributed by atoms with Gasteiger partial charge in [-0.2, -0.15) is 0 Å². The van der Waals surface area contributed by atoms with Gasteiger partial charge in [-0.1, -0.05) is 6.42 Å². The SMILES string of the molecule is CC(C1CCC1)n1nnnc1-c1ccc(N)cc1N. The molecule has 19 heavy (non-hydrogen) atoms. The summed E-state index contributed by atoms with van der Waals surface area (Å²) < 4.78 is 1.88. The van der Waals surface area contributed by atoms with Crippen LogP contribution in [0.1, 0.15) is 32.2 Å². The van der Waals surface area contributed by atoms with Gasteiger partial charge in [0.2, 0.25) is 0 Å². The molecule has 0 saturated heterocycles. The first-order valence-corrected chi connectivity index (χ1v) is 6.60. The van der Waals surface area contributed by atoms with Gasteiger partial charge in [0.25, 0.3) is 0 Å². The lowest BCUT2D eigenvalue weighted by atomic mass is 9.80. The van der Waals surface area contributed by atoms with Gasteiger partial charge in [-0.25, -0.2) is 4.68 Å². The molecule has 0 amide bonds. The second-order valence-electron chi connectivity index (χ2n) is 5.23. The monoisotopic (exact) mass is 258 g/mol. The minimum absolute atomic E-state index is 0.302. The van der Waals surface area contributed by atoms with Gasteiger partial charge in [-0.15, -0.1) is 5.10 Å². The molecule has 1 fully saturated rings. The maximum atomic E-state index is 6.02. The molecule has 6 heteroatoms. The molecule has 0 spiro atoms. The number of rotatable bonds is 3. The third kappa shape index (κ3) is 2.03. The van der Waals surface area contributed by atoms with E-state index in [9.17, 15) is 0 Å². The third-order valence-electron chi connectivity index (χ3n) is 4.03. The lowest BCUT2D eigenvalue weighted by Gasteiger charge is -2.31. The average Bonchev–Trinajstić information content (AvgIpc) is 2.75. The zero-order chi connectivity index (χ0) is 13.4. The highest BCUT2D eigenvalue weighted by molar-refractivity contribution is 5.74. The van der Waals surface area contributed by atoms with Gasteiger partial charge in [0.1, 0.15) is 0 Å². The third-order valence-corrected chi connectivity index (χ3v) is 4.03. The number of hydrogen-bond acceptors (Lipinski definition) is 5. The second kappa shape index (κ2) is 4.53. The molecule has 100 valence electrons. The first-order valence-electron chi connectivity index (χ1n) is 6.60. The normalized spacial score (nSPS) is 17.1. The maximum absolute atomic E-state index is 6.02. The summed E-state index contributed by atoms with van der Waals surface area (Å²) in [5.41, 5.74) is 13.8. The molecule has 1 unspecified atom stereocenters. The number of hydrogen-bond donors (Lipinski definition) is 2. The molecule has 1 aromatic heterocycles. The van der Waals surface area contributed by atoms with E-state index in [1.807, 2.05) is 16.8 Å². The van der Waals surface area contributed by atoms with Crippen molar-refractivity contribution in [3.8, 4) is 11.4 Å². The lowest BCUT2D eigenvalue weighted by Crippen LogP contribution is -2.24. The maximum Gasteiger partial charge on any atom is 0.184 e. The summed E-state index contributed by atoms with van der Waals surface area (Å²) >= 11 is 0. The van der Waals surface area contributed by atoms with Crippen molar-refractivity contribution in [2.45, 2.75) is 32.2 Å². The Balaban J connectivity index is 1.99. The first-order chi connectivity index (χ1) is 9.16. The van der Waals surface area contributed by atoms with Crippen molar-refractivity contribution in [2.75, 3.05) is 11.5 Å². The molecule has 1 aromatic carbocycles. The van der Waals surface area contributed by atoms with E-state index in [1.165, 1.54) is 19.3 Å². The number of nitrogens with two attached hydrogens (primary N) is 2. The van der Waals surface area contributed by atoms with Crippen LogP contribution in [0.25, 0.3) is 11.4 Å². The van der Waals surface area contributed by atoms with Gasteiger partial charge >= 0.3 is 0 Å². The Kier molecular flexibility index (Phi) is 2.85. The lowest BCUT2D eigenvalue weighted by molar-refractivity contribution is 0.210. The minimum atomic E-state index is 0.302. The van der Waals surface area contributed by atoms with Gasteiger partial charge < -0.3 is 11.5 Å². The van der Waals surface area contributed by atoms with Crippen molar-refractivity contribution in [2.24, 2.45) is 5.92 Å². The summed E-state index contributed by atoms with van der Waals surface area (Å²) in [5, 5.41) is 12.0. The smallest absolute Gasteiger partial charge is 0.184 e. The van der Waals surface area contributed by atoms with Crippen LogP contribution in [0, 0.1) is 5.92 Å². The van der Waals surface area contributed by atoms with E-state index >= 15 is 0 Å². The molecule has 1 heterocycles. The van der Waals surface area contributed by atoms with Crippen molar-refractivity contribution < 1.29 is 0 Å². The number of nitrogens with zero attached hydrogens (tertiary/aromatic N) is 4. The Labute approximate surface area is 111 Å². The van der Waals surface area contributed by atoms with E-state index in [0.717, 1.165) is 11.4 Å². The van der Waals surface area contributed by atoms with Crippen LogP contribution in [0.4, 0.5) is 11.4 Å². The molecule has 6 nitrogen and oxygen atoms in total. The van der Waals surface area contributed by atoms with Crippen molar-refractivity contribution in [1.29, 1.82) is 0 Å². The zero-order valence-corrected chi connectivity index (χ0v) is 11.0. The van der Waals surface area contributed by atoms with Crippen LogP contribution < -0.4 is 11.5 Å². The summed E-state index contributed by atoms with van der Waals surface area (Å²) in [6.07, 6.45) is 3.80. The molecule has 1 atom stereocenters. The number of anilines is 2. The van der Waals surface area contributed by atoms with Gasteiger partial charge in [0.15, 0.2) is 5.82 Å². The Bertz CT molecular complexity index is 587. The average molecular weight is 258 g/mol. The largest absolute Gasteiger partial charge is 0.399 e. The van der Waals surface area contributed by atoms with Crippen LogP contribution >= 0.6 is 0 Å². The quantitative estimate of drug-likeness (QED) is 0.819. The van der Waals surface area contributed by atoms with Crippen LogP contribution in [-0.4, -0.2) is 20.2 Å². The van der Waals surface area contributed by atoms with E-state index in [-0.39, 0.29) is 0 Å². The highest BCUT2D eigenvalue weighted by Gasteiger charge is 2.28. The molecule has 1 aliphatic rings. The first kappa shape index (κ1) is 12.0. The van der Waals surface area contributed by atoms with Gasteiger partial charge in [-0.05, 0) is 54.3 Å². The summed E-state index contributed by atoms with van der Waals surface area (Å²) in [6, 6.07) is 5.73. The second-order valence-corrected chi connectivity index (χ2v) is 5.23. The molecular weight excluding hydrogens is 240 g/mol. The van der Waals surface area contributed by atoms with Crippen molar-refractivity contribution >= 4 is 11.4 Å². The molecule has 0 radical (unpaired) electrons. The van der Waals surface area contributed by atoms with Crippen molar-refractivity contribution in [3.63, 3.8) is 0 Å². The predicted molar refractivity (Wildman–Crippen MR) is 74.1 cm³/mol. The molecule has 4 N–H and O–H groups in total. The summed E-state index contributed by atoms with van der Waals surface area (Å²) in [7, 11) is 0. The fraction of sp³-hybridized carbons (Fsp3) is 0.462. The minimum Gasteiger partial charge on any atom is -0.399 e. The van der Waals surface area contributed by atoms with Gasteiger partial charge in [0, 0.05) is 16.9 Å². The Hall–Kier alpha value is -2.11. The fourth-order valence-corrected chi connectivity index (χ4v) is 2.55. The number of aromatic nitrogens is 4. The molecule has 3 rings (SSSR count). The Morgan fingerprint density at radius 2 is 2.11 bits per heavy atom. The van der Waals surface area contributed by atoms with E-state index < -0.39 is 0 Å². The van der Waals surface area contributed by atoms with Gasteiger partial charge in [0.05, 0.1) is 6.04 Å². The predicted octanol–water partition coefficient (Wildman–Crippen LogP) is 1.87. The fourth-order valence-electron chi connectivity index (χ4n) is 2.55. The van der Waals surface area contributed by atoms with Crippen molar-refractivity contribution in [3.05, 3.63) is 18.2 Å².